The van der Waals surface area contributed by atoms with Crippen LogP contribution in [0.1, 0.15) is 42.6 Å². The van der Waals surface area contributed by atoms with Crippen molar-refractivity contribution in [3.8, 4) is 17.3 Å². The Balaban J connectivity index is 1.51. The molecule has 0 bridgehead atoms. The van der Waals surface area contributed by atoms with Crippen LogP contribution < -0.4 is 14.8 Å². The lowest BCUT2D eigenvalue weighted by molar-refractivity contribution is 0.310. The largest absolute Gasteiger partial charge is 0.493 e. The molecular weight excluding hydrogens is 352 g/mol. The summed E-state index contributed by atoms with van der Waals surface area (Å²) in [7, 11) is 1.67. The zero-order valence-corrected chi connectivity index (χ0v) is 16.4. The molecule has 0 spiro atoms. The fourth-order valence-electron chi connectivity index (χ4n) is 3.79. The highest BCUT2D eigenvalue weighted by atomic mass is 16.5. The van der Waals surface area contributed by atoms with Crippen molar-refractivity contribution in [3.05, 3.63) is 65.6 Å². The number of aromatic nitrogens is 3. The van der Waals surface area contributed by atoms with Gasteiger partial charge in [0.25, 0.3) is 0 Å². The first-order valence-electron chi connectivity index (χ1n) is 9.81. The maximum absolute atomic E-state index is 5.70. The Morgan fingerprint density at radius 2 is 2.14 bits per heavy atom. The fraction of sp³-hybridized carbons (Fsp3) is 0.364. The van der Waals surface area contributed by atoms with E-state index in [1.54, 1.807) is 7.11 Å². The number of rotatable bonds is 7. The van der Waals surface area contributed by atoms with Crippen molar-refractivity contribution >= 4 is 0 Å². The Morgan fingerprint density at radius 3 is 2.93 bits per heavy atom. The van der Waals surface area contributed by atoms with Gasteiger partial charge in [-0.2, -0.15) is 5.10 Å². The molecule has 2 aromatic heterocycles. The molecule has 1 unspecified atom stereocenters. The topological polar surface area (TPSA) is 61.2 Å². The van der Waals surface area contributed by atoms with Gasteiger partial charge in [0.2, 0.25) is 0 Å². The predicted molar refractivity (Wildman–Crippen MR) is 108 cm³/mol. The average Bonchev–Trinajstić information content (AvgIpc) is 3.18. The molecule has 1 aliphatic rings. The standard InChI is InChI=1S/C22H26N4O2/c1-3-28-21-13-16(10-11-20(21)27-2)14-24-18-7-6-8-19-17(18)15-25-26(19)22-9-4-5-12-23-22/h4-5,9-13,15,18,24H,3,6-8,14H2,1-2H3. The van der Waals surface area contributed by atoms with E-state index < -0.39 is 0 Å². The van der Waals surface area contributed by atoms with Crippen LogP contribution >= 0.6 is 0 Å². The maximum Gasteiger partial charge on any atom is 0.161 e. The molecule has 0 saturated carbocycles. The lowest BCUT2D eigenvalue weighted by Gasteiger charge is -2.24. The molecule has 28 heavy (non-hydrogen) atoms. The van der Waals surface area contributed by atoms with E-state index >= 15 is 0 Å². The van der Waals surface area contributed by atoms with Crippen molar-refractivity contribution < 1.29 is 9.47 Å². The van der Waals surface area contributed by atoms with Crippen molar-refractivity contribution in [2.45, 2.75) is 38.8 Å². The number of benzene rings is 1. The van der Waals surface area contributed by atoms with Crippen LogP contribution in [0.25, 0.3) is 5.82 Å². The van der Waals surface area contributed by atoms with Gasteiger partial charge in [0, 0.05) is 24.3 Å². The van der Waals surface area contributed by atoms with Crippen LogP contribution in [0, 0.1) is 0 Å². The number of fused-ring (bicyclic) bond motifs is 1. The first kappa shape index (κ1) is 18.5. The van der Waals surface area contributed by atoms with Crippen LogP contribution in [-0.4, -0.2) is 28.5 Å². The van der Waals surface area contributed by atoms with E-state index in [9.17, 15) is 0 Å². The smallest absolute Gasteiger partial charge is 0.161 e. The van der Waals surface area contributed by atoms with Crippen molar-refractivity contribution in [1.82, 2.24) is 20.1 Å². The van der Waals surface area contributed by atoms with Crippen molar-refractivity contribution in [2.75, 3.05) is 13.7 Å². The normalized spacial score (nSPS) is 15.9. The van der Waals surface area contributed by atoms with Gasteiger partial charge in [-0.1, -0.05) is 12.1 Å². The summed E-state index contributed by atoms with van der Waals surface area (Å²) in [6.45, 7) is 3.36. The minimum atomic E-state index is 0.291. The molecule has 3 aromatic rings. The molecule has 6 heteroatoms. The van der Waals surface area contributed by atoms with Gasteiger partial charge in [0.05, 0.1) is 25.6 Å². The summed E-state index contributed by atoms with van der Waals surface area (Å²) in [6.07, 6.45) is 7.06. The first-order valence-corrected chi connectivity index (χ1v) is 9.81. The minimum Gasteiger partial charge on any atom is -0.493 e. The molecule has 0 saturated heterocycles. The molecule has 146 valence electrons. The summed E-state index contributed by atoms with van der Waals surface area (Å²) in [5, 5.41) is 8.31. The van der Waals surface area contributed by atoms with E-state index in [2.05, 4.69) is 27.5 Å². The zero-order valence-electron chi connectivity index (χ0n) is 16.4. The summed E-state index contributed by atoms with van der Waals surface area (Å²) in [5.41, 5.74) is 3.70. The quantitative estimate of drug-likeness (QED) is 0.677. The molecule has 2 heterocycles. The fourth-order valence-corrected chi connectivity index (χ4v) is 3.79. The Bertz CT molecular complexity index is 924. The Hall–Kier alpha value is -2.86. The second kappa shape index (κ2) is 8.44. The van der Waals surface area contributed by atoms with Crippen LogP contribution in [0.15, 0.2) is 48.8 Å². The van der Waals surface area contributed by atoms with Gasteiger partial charge < -0.3 is 14.8 Å². The number of hydrogen-bond donors (Lipinski definition) is 1. The highest BCUT2D eigenvalue weighted by Gasteiger charge is 2.24. The highest BCUT2D eigenvalue weighted by Crippen LogP contribution is 2.32. The second-order valence-electron chi connectivity index (χ2n) is 6.89. The molecule has 0 aliphatic heterocycles. The van der Waals surface area contributed by atoms with Crippen molar-refractivity contribution in [1.29, 1.82) is 0 Å². The van der Waals surface area contributed by atoms with Crippen LogP contribution in [0.4, 0.5) is 0 Å². The Kier molecular flexibility index (Phi) is 5.58. The molecule has 0 amide bonds. The second-order valence-corrected chi connectivity index (χ2v) is 6.89. The molecule has 1 aromatic carbocycles. The predicted octanol–water partition coefficient (Wildman–Crippen LogP) is 3.84. The summed E-state index contributed by atoms with van der Waals surface area (Å²) in [4.78, 5) is 4.45. The van der Waals surface area contributed by atoms with Gasteiger partial charge in [-0.05, 0) is 56.0 Å². The van der Waals surface area contributed by atoms with E-state index in [1.165, 1.54) is 16.8 Å². The monoisotopic (exact) mass is 378 g/mol. The third-order valence-electron chi connectivity index (χ3n) is 5.13. The van der Waals surface area contributed by atoms with E-state index in [1.807, 2.05) is 48.3 Å². The van der Waals surface area contributed by atoms with Crippen molar-refractivity contribution in [2.24, 2.45) is 0 Å². The summed E-state index contributed by atoms with van der Waals surface area (Å²) in [6, 6.07) is 12.3. The van der Waals surface area contributed by atoms with Gasteiger partial charge in [-0.15, -0.1) is 0 Å². The van der Waals surface area contributed by atoms with Gasteiger partial charge >= 0.3 is 0 Å². The van der Waals surface area contributed by atoms with E-state index in [-0.39, 0.29) is 0 Å². The van der Waals surface area contributed by atoms with E-state index in [4.69, 9.17) is 9.47 Å². The third-order valence-corrected chi connectivity index (χ3v) is 5.13. The third kappa shape index (κ3) is 3.73. The lowest BCUT2D eigenvalue weighted by Crippen LogP contribution is -2.25. The SMILES string of the molecule is CCOc1cc(CNC2CCCc3c2cnn3-c2ccccn2)ccc1OC. The van der Waals surface area contributed by atoms with Gasteiger partial charge in [0.1, 0.15) is 0 Å². The van der Waals surface area contributed by atoms with E-state index in [0.29, 0.717) is 12.6 Å². The molecule has 0 fully saturated rings. The number of nitrogens with one attached hydrogen (secondary N) is 1. The van der Waals surface area contributed by atoms with Crippen LogP contribution in [0.5, 0.6) is 11.5 Å². The molecular formula is C22H26N4O2. The molecule has 4 rings (SSSR count). The number of pyridine rings is 1. The van der Waals surface area contributed by atoms with Crippen LogP contribution in [0.3, 0.4) is 0 Å². The Labute approximate surface area is 165 Å². The number of ether oxygens (including phenoxy) is 2. The highest BCUT2D eigenvalue weighted by molar-refractivity contribution is 5.43. The van der Waals surface area contributed by atoms with Crippen LogP contribution in [-0.2, 0) is 13.0 Å². The van der Waals surface area contributed by atoms with Gasteiger partial charge in [-0.3, -0.25) is 0 Å². The number of hydrogen-bond acceptors (Lipinski definition) is 5. The van der Waals surface area contributed by atoms with Crippen molar-refractivity contribution in [3.63, 3.8) is 0 Å². The molecule has 6 nitrogen and oxygen atoms in total. The summed E-state index contributed by atoms with van der Waals surface area (Å²) in [5.74, 6) is 2.43. The molecule has 0 radical (unpaired) electrons. The summed E-state index contributed by atoms with van der Waals surface area (Å²) >= 11 is 0. The van der Waals surface area contributed by atoms with E-state index in [0.717, 1.165) is 43.1 Å². The molecule has 1 aliphatic carbocycles. The number of nitrogens with zero attached hydrogens (tertiary/aromatic N) is 3. The first-order chi connectivity index (χ1) is 13.8. The Morgan fingerprint density at radius 1 is 1.21 bits per heavy atom. The average molecular weight is 378 g/mol. The minimum absolute atomic E-state index is 0.291. The molecule has 1 N–H and O–H groups in total. The number of methoxy groups -OCH3 is 1. The summed E-state index contributed by atoms with van der Waals surface area (Å²) < 4.78 is 13.0. The molecule has 1 atom stereocenters. The van der Waals surface area contributed by atoms with Gasteiger partial charge in [0.15, 0.2) is 17.3 Å². The zero-order chi connectivity index (χ0) is 19.3. The lowest BCUT2D eigenvalue weighted by atomic mass is 9.92. The van der Waals surface area contributed by atoms with Crippen LogP contribution in [0.2, 0.25) is 0 Å². The maximum atomic E-state index is 5.70. The van der Waals surface area contributed by atoms with Gasteiger partial charge in [-0.25, -0.2) is 9.67 Å².